The van der Waals surface area contributed by atoms with Gasteiger partial charge in [-0.1, -0.05) is 31.4 Å². The van der Waals surface area contributed by atoms with Gasteiger partial charge in [0.1, 0.15) is 5.54 Å². The maximum atomic E-state index is 13.5. The molecule has 192 valence electrons. The number of morpholine rings is 1. The van der Waals surface area contributed by atoms with Crippen molar-refractivity contribution in [2.24, 2.45) is 0 Å². The van der Waals surface area contributed by atoms with Gasteiger partial charge in [0.05, 0.1) is 36.4 Å². The highest BCUT2D eigenvalue weighted by Gasteiger charge is 2.43. The van der Waals surface area contributed by atoms with Crippen molar-refractivity contribution in [2.75, 3.05) is 50.5 Å². The zero-order chi connectivity index (χ0) is 25.1. The second-order valence-corrected chi connectivity index (χ2v) is 11.6. The standard InChI is InChI=1S/C24H34N4O6S/c1-35(32,33)21-8-4-3-7-19(21)28-12-9-18(20(29)17-28)25-22(30)24(10-5-2-6-11-24)26-23(31)27-13-15-34-16-14-27/h3-4,7-8,18H,2,5-6,9-17H2,1H3,(H,25,30)(H,26,31). The molecule has 1 aliphatic carbocycles. The number of carbonyl (C=O) groups excluding carboxylic acids is 3. The molecule has 2 N–H and O–H groups in total. The number of nitrogens with zero attached hydrogens (tertiary/aromatic N) is 2. The molecule has 4 rings (SSSR count). The summed E-state index contributed by atoms with van der Waals surface area (Å²) in [4.78, 5) is 43.0. The Morgan fingerprint density at radius 3 is 2.40 bits per heavy atom. The summed E-state index contributed by atoms with van der Waals surface area (Å²) in [6.45, 7) is 2.34. The van der Waals surface area contributed by atoms with E-state index in [9.17, 15) is 22.8 Å². The molecule has 35 heavy (non-hydrogen) atoms. The minimum atomic E-state index is -3.45. The minimum Gasteiger partial charge on any atom is -0.378 e. The third kappa shape index (κ3) is 5.78. The van der Waals surface area contributed by atoms with E-state index in [0.29, 0.717) is 57.8 Å². The fraction of sp³-hybridized carbons (Fsp3) is 0.625. The average molecular weight is 507 g/mol. The van der Waals surface area contributed by atoms with E-state index in [1.807, 2.05) is 0 Å². The molecule has 1 aromatic rings. The number of ketones is 1. The lowest BCUT2D eigenvalue weighted by molar-refractivity contribution is -0.133. The number of hydrogen-bond acceptors (Lipinski definition) is 7. The Balaban J connectivity index is 1.43. The first-order chi connectivity index (χ1) is 16.7. The van der Waals surface area contributed by atoms with Crippen LogP contribution >= 0.6 is 0 Å². The number of sulfone groups is 1. The Morgan fingerprint density at radius 2 is 1.74 bits per heavy atom. The molecular weight excluding hydrogens is 472 g/mol. The van der Waals surface area contributed by atoms with Crippen molar-refractivity contribution < 1.29 is 27.5 Å². The van der Waals surface area contributed by atoms with E-state index in [1.165, 1.54) is 6.07 Å². The number of carbonyl (C=O) groups is 3. The quantitative estimate of drug-likeness (QED) is 0.613. The Morgan fingerprint density at radius 1 is 1.06 bits per heavy atom. The fourth-order valence-electron chi connectivity index (χ4n) is 5.12. The van der Waals surface area contributed by atoms with E-state index in [2.05, 4.69) is 10.6 Å². The average Bonchev–Trinajstić information content (AvgIpc) is 2.85. The molecule has 3 fully saturated rings. The molecule has 10 nitrogen and oxygen atoms in total. The van der Waals surface area contributed by atoms with Crippen LogP contribution in [-0.2, 0) is 24.2 Å². The highest BCUT2D eigenvalue weighted by molar-refractivity contribution is 7.90. The van der Waals surface area contributed by atoms with Crippen LogP contribution in [0.25, 0.3) is 0 Å². The van der Waals surface area contributed by atoms with Crippen molar-refractivity contribution in [3.63, 3.8) is 0 Å². The number of benzene rings is 1. The topological polar surface area (TPSA) is 125 Å². The zero-order valence-corrected chi connectivity index (χ0v) is 20.9. The minimum absolute atomic E-state index is 0.00458. The van der Waals surface area contributed by atoms with E-state index < -0.39 is 21.4 Å². The monoisotopic (exact) mass is 506 g/mol. The Labute approximate surface area is 206 Å². The predicted molar refractivity (Wildman–Crippen MR) is 130 cm³/mol. The summed E-state index contributed by atoms with van der Waals surface area (Å²) < 4.78 is 29.7. The summed E-state index contributed by atoms with van der Waals surface area (Å²) in [5.41, 5.74) is -0.539. The summed E-state index contributed by atoms with van der Waals surface area (Å²) in [5.74, 6) is -0.500. The van der Waals surface area contributed by atoms with Gasteiger partial charge in [-0.05, 0) is 31.4 Å². The molecule has 1 saturated carbocycles. The molecule has 0 radical (unpaired) electrons. The zero-order valence-electron chi connectivity index (χ0n) is 20.1. The van der Waals surface area contributed by atoms with Crippen molar-refractivity contribution in [3.05, 3.63) is 24.3 Å². The molecule has 3 amide bonds. The second-order valence-electron chi connectivity index (χ2n) is 9.61. The van der Waals surface area contributed by atoms with Crippen LogP contribution in [0.5, 0.6) is 0 Å². The lowest BCUT2D eigenvalue weighted by Gasteiger charge is -2.40. The first kappa shape index (κ1) is 25.4. The molecule has 1 atom stereocenters. The predicted octanol–water partition coefficient (Wildman–Crippen LogP) is 1.10. The number of amides is 3. The third-order valence-corrected chi connectivity index (χ3v) is 8.26. The van der Waals surface area contributed by atoms with Gasteiger partial charge in [0.2, 0.25) is 5.91 Å². The van der Waals surface area contributed by atoms with E-state index in [1.54, 1.807) is 28.0 Å². The molecule has 0 bridgehead atoms. The van der Waals surface area contributed by atoms with Crippen LogP contribution in [0.15, 0.2) is 29.2 Å². The van der Waals surface area contributed by atoms with Crippen molar-refractivity contribution in [3.8, 4) is 0 Å². The van der Waals surface area contributed by atoms with Gasteiger partial charge in [-0.2, -0.15) is 0 Å². The first-order valence-electron chi connectivity index (χ1n) is 12.2. The summed E-state index contributed by atoms with van der Waals surface area (Å²) >= 11 is 0. The van der Waals surface area contributed by atoms with E-state index >= 15 is 0 Å². The number of piperidine rings is 1. The van der Waals surface area contributed by atoms with E-state index in [4.69, 9.17) is 4.74 Å². The highest BCUT2D eigenvalue weighted by atomic mass is 32.2. The van der Waals surface area contributed by atoms with Gasteiger partial charge in [-0.15, -0.1) is 0 Å². The van der Waals surface area contributed by atoms with Crippen molar-refractivity contribution in [2.45, 2.75) is 55.0 Å². The van der Waals surface area contributed by atoms with Gasteiger partial charge in [-0.3, -0.25) is 9.59 Å². The van der Waals surface area contributed by atoms with E-state index in [0.717, 1.165) is 25.5 Å². The molecule has 1 aromatic carbocycles. The summed E-state index contributed by atoms with van der Waals surface area (Å²) in [6, 6.07) is 5.68. The summed E-state index contributed by atoms with van der Waals surface area (Å²) in [5, 5.41) is 5.91. The van der Waals surface area contributed by atoms with Gasteiger partial charge < -0.3 is 25.2 Å². The fourth-order valence-corrected chi connectivity index (χ4v) is 6.03. The van der Waals surface area contributed by atoms with Gasteiger partial charge in [0.15, 0.2) is 15.6 Å². The molecule has 2 aliphatic heterocycles. The lowest BCUT2D eigenvalue weighted by Crippen LogP contribution is -2.65. The van der Waals surface area contributed by atoms with Crippen LogP contribution in [0.2, 0.25) is 0 Å². The Hall–Kier alpha value is -2.66. The van der Waals surface area contributed by atoms with E-state index in [-0.39, 0.29) is 29.2 Å². The maximum Gasteiger partial charge on any atom is 0.318 e. The molecular formula is C24H34N4O6S. The van der Waals surface area contributed by atoms with Gasteiger partial charge in [0.25, 0.3) is 0 Å². The van der Waals surface area contributed by atoms with Gasteiger partial charge in [0, 0.05) is 25.9 Å². The second kappa shape index (κ2) is 10.5. The third-order valence-electron chi connectivity index (χ3n) is 7.12. The number of rotatable bonds is 5. The van der Waals surface area contributed by atoms with Crippen molar-refractivity contribution in [1.82, 2.24) is 15.5 Å². The van der Waals surface area contributed by atoms with Crippen LogP contribution < -0.4 is 15.5 Å². The number of ether oxygens (including phenoxy) is 1. The summed E-state index contributed by atoms with van der Waals surface area (Å²) in [6.07, 6.45) is 5.22. The van der Waals surface area contributed by atoms with Gasteiger partial charge in [-0.25, -0.2) is 13.2 Å². The molecule has 3 aliphatic rings. The Kier molecular flexibility index (Phi) is 7.65. The van der Waals surface area contributed by atoms with Crippen molar-refractivity contribution >= 4 is 33.2 Å². The molecule has 11 heteroatoms. The number of para-hydroxylation sites is 1. The summed E-state index contributed by atoms with van der Waals surface area (Å²) in [7, 11) is -3.45. The molecule has 2 saturated heterocycles. The van der Waals surface area contributed by atoms with Crippen LogP contribution in [0.3, 0.4) is 0 Å². The molecule has 0 aromatic heterocycles. The number of hydrogen-bond donors (Lipinski definition) is 2. The normalized spacial score (nSPS) is 23.0. The van der Waals surface area contributed by atoms with Gasteiger partial charge >= 0.3 is 6.03 Å². The molecule has 2 heterocycles. The number of anilines is 1. The Bertz CT molecular complexity index is 1060. The first-order valence-corrected chi connectivity index (χ1v) is 14.1. The smallest absolute Gasteiger partial charge is 0.318 e. The van der Waals surface area contributed by atoms with Crippen LogP contribution in [0.4, 0.5) is 10.5 Å². The maximum absolute atomic E-state index is 13.5. The van der Waals surface area contributed by atoms with Crippen LogP contribution in [-0.4, -0.2) is 88.3 Å². The lowest BCUT2D eigenvalue weighted by atomic mass is 9.80. The largest absolute Gasteiger partial charge is 0.378 e. The number of nitrogens with one attached hydrogen (secondary N) is 2. The molecule has 1 unspecified atom stereocenters. The van der Waals surface area contributed by atoms with Crippen LogP contribution in [0.1, 0.15) is 38.5 Å². The highest BCUT2D eigenvalue weighted by Crippen LogP contribution is 2.30. The SMILES string of the molecule is CS(=O)(=O)c1ccccc1N1CCC(NC(=O)C2(NC(=O)N3CCOCC3)CCCCC2)C(=O)C1. The number of Topliss-reactive ketones (excluding diaryl/α,β-unsaturated/α-hetero) is 1. The van der Waals surface area contributed by atoms with Crippen molar-refractivity contribution in [1.29, 1.82) is 0 Å². The number of urea groups is 1. The molecule has 0 spiro atoms. The van der Waals surface area contributed by atoms with Crippen LogP contribution in [0, 0.1) is 0 Å².